The maximum atomic E-state index is 6.15. The van der Waals surface area contributed by atoms with Crippen LogP contribution in [-0.4, -0.2) is 24.7 Å². The predicted molar refractivity (Wildman–Crippen MR) is 124 cm³/mol. The Kier molecular flexibility index (Phi) is 6.01. The van der Waals surface area contributed by atoms with Crippen LogP contribution in [0.4, 0.5) is 0 Å². The summed E-state index contributed by atoms with van der Waals surface area (Å²) in [6.45, 7) is 16.5. The van der Waals surface area contributed by atoms with E-state index in [9.17, 15) is 0 Å². The Labute approximate surface area is 172 Å². The average molecular weight is 396 g/mol. The van der Waals surface area contributed by atoms with Crippen LogP contribution >= 0.6 is 7.92 Å². The van der Waals surface area contributed by atoms with Crippen molar-refractivity contribution in [1.29, 1.82) is 0 Å². The van der Waals surface area contributed by atoms with Crippen molar-refractivity contribution in [3.63, 3.8) is 0 Å². The molecule has 0 aliphatic carbocycles. The van der Waals surface area contributed by atoms with Crippen molar-refractivity contribution >= 4 is 24.4 Å². The topological polar surface area (TPSA) is 21.6 Å². The molecular formula is C25H34NOP. The van der Waals surface area contributed by atoms with E-state index in [1.54, 1.807) is 0 Å². The molecule has 1 heterocycles. The predicted octanol–water partition coefficient (Wildman–Crippen LogP) is 5.61. The Morgan fingerprint density at radius 3 is 1.82 bits per heavy atom. The summed E-state index contributed by atoms with van der Waals surface area (Å²) >= 11 is 0. The van der Waals surface area contributed by atoms with Crippen molar-refractivity contribution in [1.82, 2.24) is 0 Å². The van der Waals surface area contributed by atoms with Crippen LogP contribution in [-0.2, 0) is 4.74 Å². The molecule has 3 rings (SSSR count). The van der Waals surface area contributed by atoms with Gasteiger partial charge in [0.2, 0.25) is 0 Å². The molecule has 1 unspecified atom stereocenters. The zero-order chi connectivity index (χ0) is 20.5. The van der Waals surface area contributed by atoms with Crippen LogP contribution in [0.25, 0.3) is 0 Å². The molecule has 0 spiro atoms. The van der Waals surface area contributed by atoms with Crippen molar-refractivity contribution < 1.29 is 4.74 Å². The fourth-order valence-corrected chi connectivity index (χ4v) is 6.74. The lowest BCUT2D eigenvalue weighted by Gasteiger charge is -2.31. The molecule has 0 amide bonds. The molecule has 2 aromatic carbocycles. The van der Waals surface area contributed by atoms with E-state index in [1.165, 1.54) is 21.7 Å². The van der Waals surface area contributed by atoms with Gasteiger partial charge in [0.25, 0.3) is 0 Å². The summed E-state index contributed by atoms with van der Waals surface area (Å²) in [7, 11) is -0.500. The highest BCUT2D eigenvalue weighted by Crippen LogP contribution is 2.44. The number of aliphatic imine (C=N–C) groups is 1. The molecule has 0 aromatic heterocycles. The normalized spacial score (nSPS) is 17.6. The van der Waals surface area contributed by atoms with E-state index in [0.717, 1.165) is 12.1 Å². The van der Waals surface area contributed by atoms with Gasteiger partial charge in [0.05, 0.1) is 6.04 Å². The molecule has 0 saturated carbocycles. The number of nitrogens with zero attached hydrogens (tertiary/aromatic N) is 1. The zero-order valence-electron chi connectivity index (χ0n) is 18.4. The lowest BCUT2D eigenvalue weighted by atomic mass is 9.88. The molecular weight excluding hydrogens is 361 g/mol. The molecule has 150 valence electrons. The summed E-state index contributed by atoms with van der Waals surface area (Å²) in [5, 5.41) is 2.93. The lowest BCUT2D eigenvalue weighted by Crippen LogP contribution is -2.32. The van der Waals surface area contributed by atoms with Crippen molar-refractivity contribution in [2.45, 2.75) is 54.5 Å². The quantitative estimate of drug-likeness (QED) is 0.604. The second-order valence-corrected chi connectivity index (χ2v) is 11.8. The lowest BCUT2D eigenvalue weighted by molar-refractivity contribution is 0.223. The first-order valence-electron chi connectivity index (χ1n) is 10.2. The van der Waals surface area contributed by atoms with Gasteiger partial charge in [-0.2, -0.15) is 0 Å². The first-order valence-corrected chi connectivity index (χ1v) is 11.7. The third kappa shape index (κ3) is 4.49. The number of hydrogen-bond acceptors (Lipinski definition) is 2. The van der Waals surface area contributed by atoms with E-state index in [-0.39, 0.29) is 16.9 Å². The van der Waals surface area contributed by atoms with Gasteiger partial charge in [0.1, 0.15) is 6.61 Å². The minimum absolute atomic E-state index is 0.101. The highest BCUT2D eigenvalue weighted by atomic mass is 31.1. The van der Waals surface area contributed by atoms with Gasteiger partial charge in [-0.1, -0.05) is 83.1 Å². The van der Waals surface area contributed by atoms with E-state index in [2.05, 4.69) is 97.0 Å². The summed E-state index contributed by atoms with van der Waals surface area (Å²) in [6, 6.07) is 17.9. The van der Waals surface area contributed by atoms with E-state index < -0.39 is 7.92 Å². The Morgan fingerprint density at radius 1 is 0.893 bits per heavy atom. The van der Waals surface area contributed by atoms with Gasteiger partial charge in [0, 0.05) is 5.41 Å². The largest absolute Gasteiger partial charge is 0.478 e. The summed E-state index contributed by atoms with van der Waals surface area (Å²) in [6.07, 6.45) is 1.04. The Balaban J connectivity index is 1.98. The van der Waals surface area contributed by atoms with E-state index >= 15 is 0 Å². The number of benzene rings is 2. The minimum atomic E-state index is -0.500. The monoisotopic (exact) mass is 395 g/mol. The molecule has 28 heavy (non-hydrogen) atoms. The summed E-state index contributed by atoms with van der Waals surface area (Å²) in [5.74, 6) is 0.932. The van der Waals surface area contributed by atoms with Crippen molar-refractivity contribution in [3.05, 3.63) is 59.7 Å². The number of ether oxygens (including phenoxy) is 1. The number of rotatable bonds is 5. The van der Waals surface area contributed by atoms with Gasteiger partial charge >= 0.3 is 0 Å². The molecule has 3 heteroatoms. The van der Waals surface area contributed by atoms with Gasteiger partial charge in [-0.25, -0.2) is 4.99 Å². The Morgan fingerprint density at radius 2 is 1.39 bits per heavy atom. The van der Waals surface area contributed by atoms with Crippen molar-refractivity contribution in [3.8, 4) is 0 Å². The van der Waals surface area contributed by atoms with Crippen LogP contribution in [0.1, 0.15) is 45.7 Å². The van der Waals surface area contributed by atoms with Gasteiger partial charge in [-0.3, -0.25) is 0 Å². The number of aryl methyl sites for hydroxylation is 2. The molecule has 0 N–H and O–H groups in total. The van der Waals surface area contributed by atoms with Crippen LogP contribution in [0.3, 0.4) is 0 Å². The van der Waals surface area contributed by atoms with Gasteiger partial charge in [-0.05, 0) is 55.1 Å². The average Bonchev–Trinajstić information content (AvgIpc) is 3.13. The van der Waals surface area contributed by atoms with Crippen molar-refractivity contribution in [2.24, 2.45) is 15.8 Å². The molecule has 2 nitrogen and oxygen atoms in total. The summed E-state index contributed by atoms with van der Waals surface area (Å²) < 4.78 is 6.15. The van der Waals surface area contributed by atoms with Crippen LogP contribution in [0.2, 0.25) is 0 Å². The third-order valence-electron chi connectivity index (χ3n) is 5.60. The van der Waals surface area contributed by atoms with Gasteiger partial charge in [0.15, 0.2) is 5.90 Å². The highest BCUT2D eigenvalue weighted by molar-refractivity contribution is 7.73. The molecule has 2 aromatic rings. The SMILES string of the molecule is Cc1ccccc1P(CC(C)(C)C1=NC(C(C)(C)C)CO1)c1ccccc1C. The summed E-state index contributed by atoms with van der Waals surface area (Å²) in [4.78, 5) is 5.02. The van der Waals surface area contributed by atoms with Crippen molar-refractivity contribution in [2.75, 3.05) is 12.8 Å². The minimum Gasteiger partial charge on any atom is -0.478 e. The molecule has 0 bridgehead atoms. The molecule has 0 fully saturated rings. The van der Waals surface area contributed by atoms with E-state index in [1.807, 2.05) is 0 Å². The second-order valence-electron chi connectivity index (χ2n) is 9.67. The van der Waals surface area contributed by atoms with Crippen LogP contribution in [0.15, 0.2) is 53.5 Å². The summed E-state index contributed by atoms with van der Waals surface area (Å²) in [5.41, 5.74) is 2.77. The molecule has 0 radical (unpaired) electrons. The molecule has 0 saturated heterocycles. The van der Waals surface area contributed by atoms with Crippen LogP contribution in [0, 0.1) is 24.7 Å². The Bertz CT molecular complexity index is 817. The fraction of sp³-hybridized carbons (Fsp3) is 0.480. The molecule has 1 atom stereocenters. The standard InChI is InChI=1S/C25H34NOP/c1-18-12-8-10-14-20(18)28(21-15-11-9-13-19(21)2)17-25(6,7)23-26-22(16-27-23)24(3,4)5/h8-15,22H,16-17H2,1-7H3. The third-order valence-corrected chi connectivity index (χ3v) is 8.87. The maximum Gasteiger partial charge on any atom is 0.189 e. The molecule has 1 aliphatic heterocycles. The zero-order valence-corrected chi connectivity index (χ0v) is 19.3. The van der Waals surface area contributed by atoms with Gasteiger partial charge < -0.3 is 4.74 Å². The van der Waals surface area contributed by atoms with Gasteiger partial charge in [-0.15, -0.1) is 0 Å². The smallest absolute Gasteiger partial charge is 0.189 e. The van der Waals surface area contributed by atoms with Crippen LogP contribution < -0.4 is 10.6 Å². The van der Waals surface area contributed by atoms with Crippen LogP contribution in [0.5, 0.6) is 0 Å². The second kappa shape index (κ2) is 7.99. The maximum absolute atomic E-state index is 6.15. The number of hydrogen-bond donors (Lipinski definition) is 0. The first kappa shape index (κ1) is 21.1. The Hall–Kier alpha value is -1.66. The van der Waals surface area contributed by atoms with E-state index in [0.29, 0.717) is 6.61 Å². The highest BCUT2D eigenvalue weighted by Gasteiger charge is 2.39. The first-order chi connectivity index (χ1) is 13.1. The molecule has 1 aliphatic rings. The fourth-order valence-electron chi connectivity index (χ4n) is 3.68. The van der Waals surface area contributed by atoms with E-state index in [4.69, 9.17) is 9.73 Å².